The lowest BCUT2D eigenvalue weighted by Crippen LogP contribution is -2.70. The van der Waals surface area contributed by atoms with Crippen molar-refractivity contribution in [3.8, 4) is 0 Å². The lowest BCUT2D eigenvalue weighted by atomic mass is 9.83. The van der Waals surface area contributed by atoms with Crippen molar-refractivity contribution in [3.63, 3.8) is 0 Å². The number of carbonyl (C=O) groups excluding carboxylic acids is 7. The Kier molecular flexibility index (Phi) is 19.5. The maximum absolute atomic E-state index is 14.8. The Hall–Kier alpha value is -4.21. The average Bonchev–Trinajstić information content (AvgIpc) is 3.22. The van der Waals surface area contributed by atoms with Crippen LogP contribution in [0.3, 0.4) is 0 Å². The fraction of sp³-hybridized carbons (Fsp3) is 0.791. The van der Waals surface area contributed by atoms with E-state index in [-0.39, 0.29) is 36.8 Å². The quantitative estimate of drug-likeness (QED) is 0.0886. The molecule has 0 aliphatic carbocycles. The van der Waals surface area contributed by atoms with Gasteiger partial charge in [-0.1, -0.05) is 54.0 Å². The Morgan fingerprint density at radius 3 is 2.25 bits per heavy atom. The number of hydrogen-bond donors (Lipinski definition) is 6. The van der Waals surface area contributed by atoms with Crippen molar-refractivity contribution in [3.05, 3.63) is 11.6 Å². The molecule has 6 amide bonds. The highest BCUT2D eigenvalue weighted by molar-refractivity contribution is 5.96. The summed E-state index contributed by atoms with van der Waals surface area (Å²) in [5.41, 5.74) is 0.787. The summed E-state index contributed by atoms with van der Waals surface area (Å²) in [5.74, 6) is -8.78. The first kappa shape index (κ1) is 53.1. The van der Waals surface area contributed by atoms with Crippen molar-refractivity contribution in [2.75, 3.05) is 53.9 Å². The molecule has 3 fully saturated rings. The Morgan fingerprint density at radius 1 is 0.984 bits per heavy atom. The monoisotopic (exact) mass is 896 g/mol. The lowest BCUT2D eigenvalue weighted by molar-refractivity contribution is -0.328. The Bertz CT molecular complexity index is 1680. The van der Waals surface area contributed by atoms with Crippen LogP contribution in [0.1, 0.15) is 100 Å². The standard InChI is InChI=1S/C43H73N7O13/c1-12-26(4)18-27(5)19-28(6)20-29(7)38-31(61-11)15-16-43(59,63-38)42(8,58)41(57)46-36-37(25(2)3)62-35(54)24-48(10)33(52)21-44-32(51)22-47(9)34(53)23-49(60)39(55)30-14-13-17-45-50(30)40(36)56/h20,25-28,30-31,36-38,45,58-60H,12-19,21-24H2,1-11H3,(H,44,51)(H,46,57)/b29-20+. The van der Waals surface area contributed by atoms with Gasteiger partial charge in [-0.3, -0.25) is 43.8 Å². The number of rotatable bonds is 12. The molecular formula is C43H73N7O13. The minimum atomic E-state index is -2.76. The average molecular weight is 896 g/mol. The van der Waals surface area contributed by atoms with Gasteiger partial charge >= 0.3 is 5.97 Å². The number of methoxy groups -OCH3 is 1. The van der Waals surface area contributed by atoms with Gasteiger partial charge in [0, 0.05) is 34.2 Å². The largest absolute Gasteiger partial charge is 0.458 e. The molecule has 10 atom stereocenters. The van der Waals surface area contributed by atoms with Crippen molar-refractivity contribution < 1.29 is 63.2 Å². The molecule has 6 N–H and O–H groups in total. The van der Waals surface area contributed by atoms with E-state index >= 15 is 0 Å². The molecule has 0 spiro atoms. The first-order valence-electron chi connectivity index (χ1n) is 22.0. The first-order valence-corrected chi connectivity index (χ1v) is 22.0. The minimum absolute atomic E-state index is 0.00357. The lowest BCUT2D eigenvalue weighted by Gasteiger charge is -2.48. The van der Waals surface area contributed by atoms with E-state index in [1.165, 1.54) is 21.2 Å². The van der Waals surface area contributed by atoms with Crippen LogP contribution in [0.25, 0.3) is 0 Å². The van der Waals surface area contributed by atoms with Gasteiger partial charge in [0.05, 0.1) is 19.2 Å². The van der Waals surface area contributed by atoms with Crippen LogP contribution in [-0.2, 0) is 47.8 Å². The molecular weight excluding hydrogens is 823 g/mol. The second-order valence-corrected chi connectivity index (χ2v) is 18.3. The Balaban J connectivity index is 2.04. The zero-order chi connectivity index (χ0) is 47.6. The SMILES string of the molecule is CCC(C)CC(C)CC(C)/C=C(\C)C1OC(O)(C(C)(O)C(=O)NC2C(=O)N3NCCCC3C(=O)N(O)CC(=O)N(C)CC(=O)NCC(=O)N(C)CC(=O)OC2C(C)C)CCC1OC. The van der Waals surface area contributed by atoms with Crippen LogP contribution in [-0.4, -0.2) is 172 Å². The van der Waals surface area contributed by atoms with Crippen molar-refractivity contribution in [2.45, 2.75) is 142 Å². The summed E-state index contributed by atoms with van der Waals surface area (Å²) >= 11 is 0. The van der Waals surface area contributed by atoms with E-state index in [1.807, 2.05) is 13.0 Å². The topological polar surface area (TPSA) is 257 Å². The molecule has 0 aromatic rings. The summed E-state index contributed by atoms with van der Waals surface area (Å²) in [6, 6.07) is -3.30. The van der Waals surface area contributed by atoms with E-state index in [1.54, 1.807) is 13.8 Å². The van der Waals surface area contributed by atoms with Gasteiger partial charge in [-0.15, -0.1) is 0 Å². The summed E-state index contributed by atoms with van der Waals surface area (Å²) < 4.78 is 17.8. The van der Waals surface area contributed by atoms with E-state index in [0.29, 0.717) is 18.3 Å². The molecule has 10 unspecified atom stereocenters. The Labute approximate surface area is 371 Å². The molecule has 63 heavy (non-hydrogen) atoms. The molecule has 3 saturated heterocycles. The normalized spacial score (nSPS) is 29.4. The van der Waals surface area contributed by atoms with Gasteiger partial charge in [-0.25, -0.2) is 10.5 Å². The summed E-state index contributed by atoms with van der Waals surface area (Å²) in [7, 11) is 4.03. The van der Waals surface area contributed by atoms with Crippen LogP contribution in [0, 0.1) is 23.7 Å². The number of nitrogens with zero attached hydrogens (tertiary/aromatic N) is 4. The van der Waals surface area contributed by atoms with Crippen LogP contribution in [0.15, 0.2) is 11.6 Å². The number of ether oxygens (including phenoxy) is 3. The molecule has 0 bridgehead atoms. The number of aliphatic hydroxyl groups is 2. The van der Waals surface area contributed by atoms with Crippen LogP contribution in [0.4, 0.5) is 0 Å². The second-order valence-electron chi connectivity index (χ2n) is 18.3. The van der Waals surface area contributed by atoms with Crippen molar-refractivity contribution in [2.24, 2.45) is 23.7 Å². The predicted octanol–water partition coefficient (Wildman–Crippen LogP) is 0.477. The molecule has 0 radical (unpaired) electrons. The zero-order valence-corrected chi connectivity index (χ0v) is 39.0. The predicted molar refractivity (Wildman–Crippen MR) is 228 cm³/mol. The van der Waals surface area contributed by atoms with Gasteiger partial charge in [0.25, 0.3) is 17.7 Å². The fourth-order valence-electron chi connectivity index (χ4n) is 8.34. The number of carbonyl (C=O) groups is 7. The molecule has 20 heteroatoms. The van der Waals surface area contributed by atoms with Gasteiger partial charge in [-0.05, 0) is 75.2 Å². The van der Waals surface area contributed by atoms with E-state index in [9.17, 15) is 49.0 Å². The van der Waals surface area contributed by atoms with Crippen LogP contribution in [0.5, 0.6) is 0 Å². The molecule has 0 aromatic carbocycles. The second kappa shape index (κ2) is 23.1. The number of hydrogen-bond acceptors (Lipinski definition) is 14. The fourth-order valence-corrected chi connectivity index (χ4v) is 8.34. The van der Waals surface area contributed by atoms with E-state index < -0.39 is 115 Å². The van der Waals surface area contributed by atoms with Crippen molar-refractivity contribution >= 4 is 41.4 Å². The third kappa shape index (κ3) is 13.9. The van der Waals surface area contributed by atoms with Crippen LogP contribution >= 0.6 is 0 Å². The molecule has 20 nitrogen and oxygen atoms in total. The summed E-state index contributed by atoms with van der Waals surface area (Å²) in [4.78, 5) is 96.7. The summed E-state index contributed by atoms with van der Waals surface area (Å²) in [5, 5.41) is 40.9. The molecule has 3 rings (SSSR count). The highest BCUT2D eigenvalue weighted by atomic mass is 16.7. The molecule has 3 aliphatic heterocycles. The van der Waals surface area contributed by atoms with Gasteiger partial charge in [0.2, 0.25) is 23.5 Å². The number of likely N-dealkylation sites (N-methyl/N-ethyl adjacent to an activating group) is 2. The van der Waals surface area contributed by atoms with E-state index in [4.69, 9.17) is 14.2 Å². The molecule has 3 heterocycles. The molecule has 0 aromatic heterocycles. The number of fused-ring (bicyclic) bond motifs is 1. The third-order valence-electron chi connectivity index (χ3n) is 12.4. The summed E-state index contributed by atoms with van der Waals surface area (Å²) in [6.07, 6.45) is 2.43. The summed E-state index contributed by atoms with van der Waals surface area (Å²) in [6.45, 7) is 12.3. The number of hydroxylamine groups is 2. The Morgan fingerprint density at radius 2 is 1.63 bits per heavy atom. The molecule has 358 valence electrons. The third-order valence-corrected chi connectivity index (χ3v) is 12.4. The number of amides is 6. The van der Waals surface area contributed by atoms with E-state index in [2.05, 4.69) is 43.8 Å². The number of allylic oxidation sites excluding steroid dienone is 1. The number of esters is 1. The maximum Gasteiger partial charge on any atom is 0.325 e. The number of nitrogens with one attached hydrogen (secondary N) is 3. The number of hydrazine groups is 1. The zero-order valence-electron chi connectivity index (χ0n) is 39.0. The van der Waals surface area contributed by atoms with Crippen LogP contribution < -0.4 is 16.1 Å². The smallest absolute Gasteiger partial charge is 0.325 e. The molecule has 3 aliphatic rings. The first-order chi connectivity index (χ1) is 29.4. The highest BCUT2D eigenvalue weighted by Gasteiger charge is 2.58. The number of cyclic esters (lactones) is 1. The minimum Gasteiger partial charge on any atom is -0.458 e. The van der Waals surface area contributed by atoms with Crippen molar-refractivity contribution in [1.82, 2.24) is 35.9 Å². The highest BCUT2D eigenvalue weighted by Crippen LogP contribution is 2.39. The van der Waals surface area contributed by atoms with Crippen LogP contribution in [0.2, 0.25) is 0 Å². The molecule has 0 saturated carbocycles. The maximum atomic E-state index is 14.8. The van der Waals surface area contributed by atoms with E-state index in [0.717, 1.165) is 46.6 Å². The van der Waals surface area contributed by atoms with Gasteiger partial charge in [0.15, 0.2) is 5.60 Å². The van der Waals surface area contributed by atoms with Gasteiger partial charge in [-0.2, -0.15) is 0 Å². The van der Waals surface area contributed by atoms with Gasteiger partial charge < -0.3 is 44.9 Å². The van der Waals surface area contributed by atoms with Crippen molar-refractivity contribution in [1.29, 1.82) is 0 Å². The van der Waals surface area contributed by atoms with Gasteiger partial charge in [0.1, 0.15) is 37.4 Å².